The van der Waals surface area contributed by atoms with Crippen molar-refractivity contribution in [2.45, 2.75) is 6.61 Å². The third kappa shape index (κ3) is 4.51. The first-order valence-corrected chi connectivity index (χ1v) is 7.78. The first kappa shape index (κ1) is 17.4. The molecule has 0 aliphatic rings. The van der Waals surface area contributed by atoms with Crippen molar-refractivity contribution < 1.29 is 23.8 Å². The highest BCUT2D eigenvalue weighted by molar-refractivity contribution is 7.09. The molecule has 0 spiro atoms. The Morgan fingerprint density at radius 3 is 2.74 bits per heavy atom. The fourth-order valence-corrected chi connectivity index (χ4v) is 2.71. The Morgan fingerprint density at radius 1 is 1.30 bits per heavy atom. The number of esters is 1. The van der Waals surface area contributed by atoms with E-state index in [4.69, 9.17) is 25.8 Å². The first-order chi connectivity index (χ1) is 11.0. The average molecular weight is 356 g/mol. The number of rotatable bonds is 7. The van der Waals surface area contributed by atoms with E-state index in [-0.39, 0.29) is 11.5 Å². The maximum atomic E-state index is 12.0. The van der Waals surface area contributed by atoms with Crippen molar-refractivity contribution in [1.29, 1.82) is 0 Å². The minimum absolute atomic E-state index is 0.155. The maximum Gasteiger partial charge on any atom is 0.358 e. The molecule has 0 atom stereocenters. The maximum absolute atomic E-state index is 12.0. The van der Waals surface area contributed by atoms with Crippen molar-refractivity contribution in [1.82, 2.24) is 4.98 Å². The summed E-state index contributed by atoms with van der Waals surface area (Å²) in [5.74, 6) is -0.555. The number of halogens is 1. The average Bonchev–Trinajstić information content (AvgIpc) is 3.01. The normalized spacial score (nSPS) is 10.4. The van der Waals surface area contributed by atoms with Crippen LogP contribution in [0.15, 0.2) is 23.6 Å². The van der Waals surface area contributed by atoms with Crippen LogP contribution in [0.5, 0.6) is 5.75 Å². The van der Waals surface area contributed by atoms with E-state index >= 15 is 0 Å². The predicted octanol–water partition coefficient (Wildman–Crippen LogP) is 2.99. The van der Waals surface area contributed by atoms with Crippen molar-refractivity contribution in [2.24, 2.45) is 0 Å². The molecule has 0 fully saturated rings. The highest BCUT2D eigenvalue weighted by Crippen LogP contribution is 2.25. The van der Waals surface area contributed by atoms with E-state index in [0.29, 0.717) is 28.0 Å². The van der Waals surface area contributed by atoms with E-state index < -0.39 is 12.6 Å². The molecular formula is C15H14ClNO5S. The lowest BCUT2D eigenvalue weighted by Crippen LogP contribution is -2.14. The fourth-order valence-electron chi connectivity index (χ4n) is 1.72. The number of hydrogen-bond acceptors (Lipinski definition) is 7. The van der Waals surface area contributed by atoms with Gasteiger partial charge in [-0.2, -0.15) is 0 Å². The minimum Gasteiger partial charge on any atom is -0.495 e. The molecule has 1 aromatic heterocycles. The van der Waals surface area contributed by atoms with Gasteiger partial charge in [-0.1, -0.05) is 11.6 Å². The van der Waals surface area contributed by atoms with Crippen molar-refractivity contribution >= 4 is 34.7 Å². The van der Waals surface area contributed by atoms with Gasteiger partial charge in [0.05, 0.1) is 18.7 Å². The zero-order valence-electron chi connectivity index (χ0n) is 12.5. The molecule has 122 valence electrons. The van der Waals surface area contributed by atoms with Gasteiger partial charge in [-0.25, -0.2) is 9.78 Å². The van der Waals surface area contributed by atoms with Crippen molar-refractivity contribution in [3.05, 3.63) is 44.9 Å². The Hall–Kier alpha value is -1.96. The monoisotopic (exact) mass is 355 g/mol. The number of ether oxygens (including phenoxy) is 3. The zero-order chi connectivity index (χ0) is 16.8. The van der Waals surface area contributed by atoms with E-state index in [1.54, 1.807) is 17.5 Å². The Labute approximate surface area is 142 Å². The van der Waals surface area contributed by atoms with E-state index in [1.165, 1.54) is 31.6 Å². The van der Waals surface area contributed by atoms with Crippen LogP contribution in [-0.2, 0) is 16.1 Å². The van der Waals surface area contributed by atoms with Gasteiger partial charge >= 0.3 is 5.97 Å². The predicted molar refractivity (Wildman–Crippen MR) is 85.4 cm³/mol. The van der Waals surface area contributed by atoms with Crippen LogP contribution in [0.25, 0.3) is 0 Å². The second-order valence-electron chi connectivity index (χ2n) is 4.41. The lowest BCUT2D eigenvalue weighted by Gasteiger charge is -2.06. The smallest absolute Gasteiger partial charge is 0.358 e. The summed E-state index contributed by atoms with van der Waals surface area (Å²) in [6.45, 7) is -0.0696. The molecule has 8 heteroatoms. The number of benzene rings is 1. The Balaban J connectivity index is 1.95. The van der Waals surface area contributed by atoms with Gasteiger partial charge in [0.2, 0.25) is 0 Å². The van der Waals surface area contributed by atoms with Crippen molar-refractivity contribution in [2.75, 3.05) is 20.8 Å². The summed E-state index contributed by atoms with van der Waals surface area (Å²) in [4.78, 5) is 27.9. The van der Waals surface area contributed by atoms with Gasteiger partial charge in [0.25, 0.3) is 0 Å². The fraction of sp³-hybridized carbons (Fsp3) is 0.267. The summed E-state index contributed by atoms with van der Waals surface area (Å²) in [5.41, 5.74) is 0.490. The van der Waals surface area contributed by atoms with Crippen molar-refractivity contribution in [3.8, 4) is 5.75 Å². The Morgan fingerprint density at radius 2 is 2.09 bits per heavy atom. The molecule has 0 aliphatic carbocycles. The molecule has 2 rings (SSSR count). The largest absolute Gasteiger partial charge is 0.495 e. The van der Waals surface area contributed by atoms with E-state index in [0.717, 1.165) is 0 Å². The van der Waals surface area contributed by atoms with Gasteiger partial charge in [0.15, 0.2) is 18.1 Å². The molecule has 1 heterocycles. The van der Waals surface area contributed by atoms with Crippen LogP contribution >= 0.6 is 22.9 Å². The summed E-state index contributed by atoms with van der Waals surface area (Å²) >= 11 is 7.25. The quantitative estimate of drug-likeness (QED) is 0.561. The first-order valence-electron chi connectivity index (χ1n) is 6.52. The standard InChI is InChI=1S/C15H14ClNO5S/c1-20-7-14-17-11(8-23-14)15(19)22-6-12(18)9-3-4-13(21-2)10(16)5-9/h3-5,8H,6-7H2,1-2H3. The lowest BCUT2D eigenvalue weighted by atomic mass is 10.1. The summed E-state index contributed by atoms with van der Waals surface area (Å²) in [5, 5.41) is 2.53. The summed E-state index contributed by atoms with van der Waals surface area (Å²) in [6.07, 6.45) is 0. The number of hydrogen-bond donors (Lipinski definition) is 0. The molecule has 6 nitrogen and oxygen atoms in total. The number of methoxy groups -OCH3 is 2. The molecule has 0 unspecified atom stereocenters. The van der Waals surface area contributed by atoms with E-state index in [1.807, 2.05) is 0 Å². The molecule has 0 amide bonds. The Kier molecular flexibility index (Phi) is 6.09. The molecule has 0 radical (unpaired) electrons. The number of ketones is 1. The Bertz CT molecular complexity index is 716. The number of nitrogens with zero attached hydrogens (tertiary/aromatic N) is 1. The zero-order valence-corrected chi connectivity index (χ0v) is 14.1. The number of carbonyl (C=O) groups is 2. The van der Waals surface area contributed by atoms with Crippen LogP contribution in [-0.4, -0.2) is 37.6 Å². The number of aromatic nitrogens is 1. The summed E-state index contributed by atoms with van der Waals surface area (Å²) in [7, 11) is 3.02. The molecule has 2 aromatic rings. The number of carbonyl (C=O) groups excluding carboxylic acids is 2. The van der Waals surface area contributed by atoms with Gasteiger partial charge in [-0.3, -0.25) is 4.79 Å². The van der Waals surface area contributed by atoms with Crippen LogP contribution in [0.1, 0.15) is 25.9 Å². The molecule has 0 N–H and O–H groups in total. The van der Waals surface area contributed by atoms with E-state index in [2.05, 4.69) is 4.98 Å². The van der Waals surface area contributed by atoms with Crippen LogP contribution in [0.3, 0.4) is 0 Å². The topological polar surface area (TPSA) is 74.7 Å². The third-order valence-corrected chi connectivity index (χ3v) is 3.95. The van der Waals surface area contributed by atoms with Crippen LogP contribution in [0, 0.1) is 0 Å². The van der Waals surface area contributed by atoms with Gasteiger partial charge in [-0.15, -0.1) is 11.3 Å². The number of Topliss-reactive ketones (excluding diaryl/α,β-unsaturated/α-hetero) is 1. The van der Waals surface area contributed by atoms with Gasteiger partial charge in [0.1, 0.15) is 10.8 Å². The minimum atomic E-state index is -0.656. The molecule has 0 saturated heterocycles. The SMILES string of the molecule is COCc1nc(C(=O)OCC(=O)c2ccc(OC)c(Cl)c2)cs1. The highest BCUT2D eigenvalue weighted by atomic mass is 35.5. The third-order valence-electron chi connectivity index (χ3n) is 2.84. The van der Waals surface area contributed by atoms with E-state index in [9.17, 15) is 9.59 Å². The second-order valence-corrected chi connectivity index (χ2v) is 5.76. The number of thiazole rings is 1. The molecular weight excluding hydrogens is 342 g/mol. The summed E-state index contributed by atoms with van der Waals surface area (Å²) < 4.78 is 14.9. The van der Waals surface area contributed by atoms with Crippen LogP contribution < -0.4 is 4.74 Å². The van der Waals surface area contributed by atoms with Gasteiger partial charge in [-0.05, 0) is 18.2 Å². The molecule has 1 aromatic carbocycles. The molecule has 0 saturated carbocycles. The van der Waals surface area contributed by atoms with Crippen molar-refractivity contribution in [3.63, 3.8) is 0 Å². The van der Waals surface area contributed by atoms with Gasteiger partial charge in [0, 0.05) is 18.1 Å². The van der Waals surface area contributed by atoms with Crippen LogP contribution in [0.2, 0.25) is 5.02 Å². The lowest BCUT2D eigenvalue weighted by molar-refractivity contribution is 0.0469. The highest BCUT2D eigenvalue weighted by Gasteiger charge is 2.16. The molecule has 23 heavy (non-hydrogen) atoms. The van der Waals surface area contributed by atoms with Gasteiger partial charge < -0.3 is 14.2 Å². The second kappa shape index (κ2) is 8.05. The molecule has 0 bridgehead atoms. The van der Waals surface area contributed by atoms with Crippen LogP contribution in [0.4, 0.5) is 0 Å². The molecule has 0 aliphatic heterocycles. The summed E-state index contributed by atoms with van der Waals surface area (Å²) in [6, 6.07) is 4.60.